The van der Waals surface area contributed by atoms with Crippen LogP contribution in [0.25, 0.3) is 32.8 Å². The minimum absolute atomic E-state index is 0. The third kappa shape index (κ3) is 9.30. The van der Waals surface area contributed by atoms with Crippen LogP contribution in [0, 0.1) is 34.6 Å². The number of aryl methyl sites for hydroxylation is 1. The molecule has 0 fully saturated rings. The third-order valence-electron chi connectivity index (χ3n) is 10.4. The number of carbonyl (C=O) groups excluding carboxylic acids is 1. The summed E-state index contributed by atoms with van der Waals surface area (Å²) >= 11 is 1.69. The molecule has 0 amide bonds. The molecule has 273 valence electrons. The number of fused-ring (bicyclic) bond motifs is 3. The van der Waals surface area contributed by atoms with Crippen LogP contribution in [0.5, 0.6) is 0 Å². The molecular formula is C45H60IrNO2S-. The number of hydrogen-bond acceptors (Lipinski definition) is 4. The van der Waals surface area contributed by atoms with Crippen LogP contribution < -0.4 is 0 Å². The Morgan fingerprint density at radius 3 is 2.10 bits per heavy atom. The van der Waals surface area contributed by atoms with Gasteiger partial charge in [0, 0.05) is 57.9 Å². The Kier molecular flexibility index (Phi) is 11.1. The Bertz CT molecular complexity index is 2080. The number of ketones is 1. The van der Waals surface area contributed by atoms with E-state index in [-0.39, 0.29) is 71.1 Å². The first-order valence-electron chi connectivity index (χ1n) is 20.4. The van der Waals surface area contributed by atoms with Crippen molar-refractivity contribution in [2.45, 2.75) is 138 Å². The quantitative estimate of drug-likeness (QED) is 0.0911. The van der Waals surface area contributed by atoms with E-state index in [0.717, 1.165) is 86.6 Å². The first-order chi connectivity index (χ1) is 24.8. The summed E-state index contributed by atoms with van der Waals surface area (Å²) in [5, 5.41) is 13.5. The van der Waals surface area contributed by atoms with E-state index in [0.29, 0.717) is 5.69 Å². The van der Waals surface area contributed by atoms with Crippen molar-refractivity contribution in [3.05, 3.63) is 77.1 Å². The molecule has 0 spiro atoms. The second kappa shape index (κ2) is 16.1. The summed E-state index contributed by atoms with van der Waals surface area (Å²) in [6.45, 7) is 23.1. The van der Waals surface area contributed by atoms with Gasteiger partial charge in [-0.05, 0) is 89.5 Å². The molecule has 0 bridgehead atoms. The van der Waals surface area contributed by atoms with Crippen molar-refractivity contribution in [3.8, 4) is 11.3 Å². The molecule has 0 unspecified atom stereocenters. The van der Waals surface area contributed by atoms with Crippen LogP contribution in [0.3, 0.4) is 0 Å². The zero-order valence-electron chi connectivity index (χ0n) is 37.3. The summed E-state index contributed by atoms with van der Waals surface area (Å²) < 4.78 is 40.9. The molecule has 0 atom stereocenters. The first-order valence-corrected chi connectivity index (χ1v) is 18.7. The Morgan fingerprint density at radius 2 is 1.54 bits per heavy atom. The SMILES string of the molecule is CCC(C)(CC)C(=O)/C=C(\O)C(C)(CC)CC.[2H]c1nc2c3c(cc(CC(C)(C)C)cc3c1[2H])Sc1c-2[c-]c2cc(C([2H])([2H])[2H])ccc2c1CC(C)(C)C.[Ir]. The van der Waals surface area contributed by atoms with Gasteiger partial charge in [-0.2, -0.15) is 0 Å². The topological polar surface area (TPSA) is 50.2 Å². The summed E-state index contributed by atoms with van der Waals surface area (Å²) in [7, 11) is 0. The van der Waals surface area contributed by atoms with Crippen LogP contribution in [0.4, 0.5) is 0 Å². The van der Waals surface area contributed by atoms with Crippen molar-refractivity contribution >= 4 is 39.1 Å². The van der Waals surface area contributed by atoms with Gasteiger partial charge in [0.25, 0.3) is 0 Å². The average Bonchev–Trinajstić information content (AvgIpc) is 3.08. The molecule has 1 aromatic heterocycles. The van der Waals surface area contributed by atoms with Crippen molar-refractivity contribution < 1.29 is 36.9 Å². The molecule has 0 saturated heterocycles. The molecule has 3 aromatic carbocycles. The molecule has 3 nitrogen and oxygen atoms in total. The summed E-state index contributed by atoms with van der Waals surface area (Å²) in [6.07, 6.45) is 6.36. The molecule has 0 aliphatic carbocycles. The van der Waals surface area contributed by atoms with Gasteiger partial charge in [0.05, 0.1) is 2.74 Å². The summed E-state index contributed by atoms with van der Waals surface area (Å²) in [6, 6.07) is 13.3. The van der Waals surface area contributed by atoms with E-state index in [1.807, 2.05) is 53.7 Å². The Morgan fingerprint density at radius 1 is 0.920 bits per heavy atom. The fourth-order valence-corrected chi connectivity index (χ4v) is 7.64. The third-order valence-corrected chi connectivity index (χ3v) is 11.6. The standard InChI is InChI=1S/C30H32NS.C15H28O2.Ir/c1-18-8-9-22-21(12-18)15-23-27-26-20(10-11-31-27)13-19(16-29(2,3)4)14-25(26)32-28(23)24(22)17-30(5,6)7;1-7-14(5,8-2)12(16)11-13(17)15(6,9-3)10-4;/h8-14H,16-17H2,1-7H3;11,16H,7-10H2,1-6H3;/q-1;;/b;12-11-;/i1D3,10D,11D;;. The van der Waals surface area contributed by atoms with Gasteiger partial charge in [-0.1, -0.05) is 123 Å². The number of benzene rings is 3. The number of carbonyl (C=O) groups is 1. The zero-order valence-corrected chi connectivity index (χ0v) is 35.5. The van der Waals surface area contributed by atoms with Gasteiger partial charge in [0.1, 0.15) is 5.76 Å². The van der Waals surface area contributed by atoms with Gasteiger partial charge >= 0.3 is 0 Å². The number of aromatic nitrogens is 1. The fraction of sp³-hybridized carbons (Fsp3) is 0.511. The van der Waals surface area contributed by atoms with E-state index in [1.54, 1.807) is 23.9 Å². The fourth-order valence-electron chi connectivity index (χ4n) is 6.35. The Labute approximate surface area is 327 Å². The van der Waals surface area contributed by atoms with Crippen LogP contribution in [-0.4, -0.2) is 15.9 Å². The number of pyridine rings is 1. The normalized spacial score (nSPS) is 15.1. The Balaban J connectivity index is 0.000000385. The molecule has 0 saturated carbocycles. The van der Waals surface area contributed by atoms with E-state index in [2.05, 4.69) is 58.7 Å². The number of nitrogens with zero attached hydrogens (tertiary/aromatic N) is 1. The van der Waals surface area contributed by atoms with Gasteiger partial charge in [0.15, 0.2) is 5.78 Å². The Hall–Kier alpha value is -2.46. The van der Waals surface area contributed by atoms with E-state index in [4.69, 9.17) is 6.85 Å². The van der Waals surface area contributed by atoms with Crippen molar-refractivity contribution in [2.75, 3.05) is 0 Å². The molecule has 4 aromatic rings. The van der Waals surface area contributed by atoms with Crippen molar-refractivity contribution in [1.29, 1.82) is 0 Å². The van der Waals surface area contributed by atoms with Crippen molar-refractivity contribution in [1.82, 2.24) is 4.98 Å². The maximum absolute atomic E-state index is 12.2. The monoisotopic (exact) mass is 876 g/mol. The van der Waals surface area contributed by atoms with Crippen LogP contribution in [-0.2, 0) is 37.7 Å². The van der Waals surface area contributed by atoms with E-state index in [1.165, 1.54) is 6.08 Å². The van der Waals surface area contributed by atoms with E-state index >= 15 is 0 Å². The second-order valence-electron chi connectivity index (χ2n) is 16.8. The van der Waals surface area contributed by atoms with Gasteiger partial charge in [0.2, 0.25) is 0 Å². The summed E-state index contributed by atoms with van der Waals surface area (Å²) in [5.74, 6) is 0.286. The number of hydrogen-bond donors (Lipinski definition) is 1. The largest absolute Gasteiger partial charge is 0.512 e. The molecule has 1 radical (unpaired) electrons. The van der Waals surface area contributed by atoms with E-state index < -0.39 is 6.85 Å². The smallest absolute Gasteiger partial charge is 0.164 e. The molecule has 5 rings (SSSR count). The van der Waals surface area contributed by atoms with Crippen LogP contribution in [0.15, 0.2) is 64.2 Å². The van der Waals surface area contributed by atoms with Crippen molar-refractivity contribution in [3.63, 3.8) is 0 Å². The van der Waals surface area contributed by atoms with Crippen LogP contribution >= 0.6 is 11.8 Å². The van der Waals surface area contributed by atoms with Gasteiger partial charge in [-0.3, -0.25) is 9.78 Å². The minimum Gasteiger partial charge on any atom is -0.512 e. The van der Waals surface area contributed by atoms with Crippen molar-refractivity contribution in [2.24, 2.45) is 21.7 Å². The zero-order chi connectivity index (χ0) is 40.8. The molecular weight excluding hydrogens is 811 g/mol. The average molecular weight is 876 g/mol. The molecule has 1 aliphatic heterocycles. The number of allylic oxidation sites excluding steroid dienone is 2. The minimum atomic E-state index is -2.21. The number of aliphatic hydroxyl groups excluding tert-OH is 1. The van der Waals surface area contributed by atoms with Crippen LogP contribution in [0.2, 0.25) is 0 Å². The summed E-state index contributed by atoms with van der Waals surface area (Å²) in [5.41, 5.74) is 3.54. The number of rotatable bonds is 9. The van der Waals surface area contributed by atoms with Gasteiger partial charge in [-0.15, -0.1) is 29.3 Å². The first kappa shape index (κ1) is 34.6. The summed E-state index contributed by atoms with van der Waals surface area (Å²) in [4.78, 5) is 18.9. The predicted molar refractivity (Wildman–Crippen MR) is 212 cm³/mol. The molecule has 5 heteroatoms. The van der Waals surface area contributed by atoms with Crippen LogP contribution in [0.1, 0.15) is 132 Å². The molecule has 50 heavy (non-hydrogen) atoms. The molecule has 1 N–H and O–H groups in total. The predicted octanol–water partition coefficient (Wildman–Crippen LogP) is 13.5. The molecule has 1 aliphatic rings. The maximum atomic E-state index is 12.2. The second-order valence-corrected chi connectivity index (χ2v) is 17.8. The van der Waals surface area contributed by atoms with Gasteiger partial charge < -0.3 is 5.11 Å². The van der Waals surface area contributed by atoms with E-state index in [9.17, 15) is 9.90 Å². The number of aliphatic hydroxyl groups is 1. The molecule has 2 heterocycles. The van der Waals surface area contributed by atoms with Gasteiger partial charge in [-0.25, -0.2) is 0 Å². The maximum Gasteiger partial charge on any atom is 0.164 e.